The van der Waals surface area contributed by atoms with Crippen LogP contribution in [0.2, 0.25) is 5.02 Å². The molecule has 1 saturated carbocycles. The van der Waals surface area contributed by atoms with E-state index < -0.39 is 0 Å². The van der Waals surface area contributed by atoms with Crippen LogP contribution in [-0.2, 0) is 4.79 Å². The number of amides is 2. The average Bonchev–Trinajstić information content (AvgIpc) is 2.73. The minimum atomic E-state index is -0.198. The van der Waals surface area contributed by atoms with Crippen molar-refractivity contribution in [1.82, 2.24) is 5.32 Å². The van der Waals surface area contributed by atoms with E-state index in [0.29, 0.717) is 22.0 Å². The first-order valence-electron chi connectivity index (χ1n) is 9.83. The Morgan fingerprint density at radius 2 is 1.72 bits per heavy atom. The summed E-state index contributed by atoms with van der Waals surface area (Å²) in [4.78, 5) is 24.5. The van der Waals surface area contributed by atoms with Crippen molar-refractivity contribution in [3.8, 4) is 5.75 Å². The van der Waals surface area contributed by atoms with Gasteiger partial charge in [0, 0.05) is 23.0 Å². The highest BCUT2D eigenvalue weighted by Crippen LogP contribution is 2.27. The standard InChI is InChI=1S/C22H26ClN3O3/c1-29-20-12-11-18(13-19(20)23)24-14-21(27)25-17-9-7-15(8-10-17)22(28)26-16-5-3-2-4-6-16/h7-13,16,24H,2-6,14H2,1H3,(H,25,27)(H,26,28). The van der Waals surface area contributed by atoms with E-state index in [4.69, 9.17) is 16.3 Å². The van der Waals surface area contributed by atoms with Gasteiger partial charge in [-0.25, -0.2) is 0 Å². The number of rotatable bonds is 7. The molecule has 3 N–H and O–H groups in total. The molecule has 29 heavy (non-hydrogen) atoms. The molecule has 3 rings (SSSR count). The molecule has 0 unspecified atom stereocenters. The summed E-state index contributed by atoms with van der Waals surface area (Å²) >= 11 is 6.08. The summed E-state index contributed by atoms with van der Waals surface area (Å²) in [6.45, 7) is 0.0899. The second-order valence-electron chi connectivity index (χ2n) is 7.14. The molecular weight excluding hydrogens is 390 g/mol. The first-order chi connectivity index (χ1) is 14.0. The van der Waals surface area contributed by atoms with Crippen LogP contribution in [0.3, 0.4) is 0 Å². The molecule has 0 spiro atoms. The van der Waals surface area contributed by atoms with Crippen LogP contribution in [-0.4, -0.2) is 31.5 Å². The van der Waals surface area contributed by atoms with Gasteiger partial charge in [0.25, 0.3) is 5.91 Å². The second kappa shape index (κ2) is 10.2. The molecule has 0 bridgehead atoms. The summed E-state index contributed by atoms with van der Waals surface area (Å²) in [5.41, 5.74) is 1.96. The summed E-state index contributed by atoms with van der Waals surface area (Å²) in [6.07, 6.45) is 5.69. The Morgan fingerprint density at radius 1 is 1.03 bits per heavy atom. The van der Waals surface area contributed by atoms with Gasteiger partial charge in [0.05, 0.1) is 18.7 Å². The molecule has 1 aliphatic rings. The summed E-state index contributed by atoms with van der Waals surface area (Å²) in [6, 6.07) is 12.4. The van der Waals surface area contributed by atoms with Crippen LogP contribution < -0.4 is 20.7 Å². The SMILES string of the molecule is COc1ccc(NCC(=O)Nc2ccc(C(=O)NC3CCCCC3)cc2)cc1Cl. The number of carbonyl (C=O) groups excluding carboxylic acids is 2. The van der Waals surface area contributed by atoms with Crippen LogP contribution in [0.25, 0.3) is 0 Å². The number of carbonyl (C=O) groups is 2. The number of hydrogen-bond acceptors (Lipinski definition) is 4. The molecule has 0 aliphatic heterocycles. The molecule has 0 radical (unpaired) electrons. The van der Waals surface area contributed by atoms with Gasteiger partial charge < -0.3 is 20.7 Å². The minimum Gasteiger partial charge on any atom is -0.495 e. The lowest BCUT2D eigenvalue weighted by atomic mass is 9.95. The predicted octanol–water partition coefficient (Wildman–Crippen LogP) is 4.46. The highest BCUT2D eigenvalue weighted by Gasteiger charge is 2.16. The number of halogens is 1. The summed E-state index contributed by atoms with van der Waals surface area (Å²) in [5.74, 6) is 0.318. The van der Waals surface area contributed by atoms with Crippen molar-refractivity contribution in [2.75, 3.05) is 24.3 Å². The molecule has 1 aliphatic carbocycles. The molecule has 2 aromatic rings. The van der Waals surface area contributed by atoms with Gasteiger partial charge in [0.2, 0.25) is 5.91 Å². The molecule has 2 aromatic carbocycles. The van der Waals surface area contributed by atoms with E-state index in [1.165, 1.54) is 19.3 Å². The van der Waals surface area contributed by atoms with E-state index in [-0.39, 0.29) is 24.4 Å². The van der Waals surface area contributed by atoms with Crippen molar-refractivity contribution < 1.29 is 14.3 Å². The van der Waals surface area contributed by atoms with Gasteiger partial charge in [0.1, 0.15) is 5.75 Å². The Hall–Kier alpha value is -2.73. The van der Waals surface area contributed by atoms with E-state index in [9.17, 15) is 9.59 Å². The van der Waals surface area contributed by atoms with E-state index in [1.54, 1.807) is 49.6 Å². The second-order valence-corrected chi connectivity index (χ2v) is 7.54. The average molecular weight is 416 g/mol. The first-order valence-corrected chi connectivity index (χ1v) is 10.2. The van der Waals surface area contributed by atoms with Gasteiger partial charge in [-0.15, -0.1) is 0 Å². The van der Waals surface area contributed by atoms with E-state index in [0.717, 1.165) is 18.5 Å². The van der Waals surface area contributed by atoms with Gasteiger partial charge in [0.15, 0.2) is 0 Å². The third-order valence-electron chi connectivity index (χ3n) is 4.98. The monoisotopic (exact) mass is 415 g/mol. The van der Waals surface area contributed by atoms with Crippen molar-refractivity contribution in [2.45, 2.75) is 38.1 Å². The highest BCUT2D eigenvalue weighted by molar-refractivity contribution is 6.32. The Morgan fingerprint density at radius 3 is 2.38 bits per heavy atom. The number of nitrogens with one attached hydrogen (secondary N) is 3. The quantitative estimate of drug-likeness (QED) is 0.623. The summed E-state index contributed by atoms with van der Waals surface area (Å²) < 4.78 is 5.11. The Kier molecular flexibility index (Phi) is 7.36. The van der Waals surface area contributed by atoms with Crippen LogP contribution in [0, 0.1) is 0 Å². The maximum Gasteiger partial charge on any atom is 0.251 e. The molecular formula is C22H26ClN3O3. The third kappa shape index (κ3) is 6.12. The Labute approximate surface area is 176 Å². The molecule has 6 nitrogen and oxygen atoms in total. The van der Waals surface area contributed by atoms with Crippen LogP contribution in [0.4, 0.5) is 11.4 Å². The lowest BCUT2D eigenvalue weighted by Crippen LogP contribution is -2.36. The molecule has 0 atom stereocenters. The van der Waals surface area contributed by atoms with Crippen LogP contribution in [0.1, 0.15) is 42.5 Å². The van der Waals surface area contributed by atoms with Crippen LogP contribution in [0.5, 0.6) is 5.75 Å². The smallest absolute Gasteiger partial charge is 0.251 e. The number of methoxy groups -OCH3 is 1. The molecule has 0 heterocycles. The maximum atomic E-state index is 12.4. The lowest BCUT2D eigenvalue weighted by molar-refractivity contribution is -0.114. The van der Waals surface area contributed by atoms with Crippen molar-refractivity contribution >= 4 is 34.8 Å². The normalized spacial score (nSPS) is 14.1. The number of benzene rings is 2. The molecule has 1 fully saturated rings. The molecule has 154 valence electrons. The van der Waals surface area contributed by atoms with Gasteiger partial charge in [-0.3, -0.25) is 9.59 Å². The van der Waals surface area contributed by atoms with Crippen molar-refractivity contribution in [3.05, 3.63) is 53.1 Å². The Bertz CT molecular complexity index is 849. The van der Waals surface area contributed by atoms with E-state index >= 15 is 0 Å². The van der Waals surface area contributed by atoms with E-state index in [2.05, 4.69) is 16.0 Å². The Balaban J connectivity index is 1.48. The number of anilines is 2. The topological polar surface area (TPSA) is 79.5 Å². The van der Waals surface area contributed by atoms with E-state index in [1.807, 2.05) is 0 Å². The summed E-state index contributed by atoms with van der Waals surface area (Å²) in [5, 5.41) is 9.38. The first kappa shape index (κ1) is 21.0. The van der Waals surface area contributed by atoms with Crippen LogP contribution >= 0.6 is 11.6 Å². The van der Waals surface area contributed by atoms with Crippen LogP contribution in [0.15, 0.2) is 42.5 Å². The van der Waals surface area contributed by atoms with Gasteiger partial charge >= 0.3 is 0 Å². The maximum absolute atomic E-state index is 12.4. The molecule has 7 heteroatoms. The molecule has 0 aromatic heterocycles. The molecule has 0 saturated heterocycles. The minimum absolute atomic E-state index is 0.0622. The van der Waals surface area contributed by atoms with Gasteiger partial charge in [-0.2, -0.15) is 0 Å². The zero-order valence-electron chi connectivity index (χ0n) is 16.5. The fraction of sp³-hybridized carbons (Fsp3) is 0.364. The predicted molar refractivity (Wildman–Crippen MR) is 116 cm³/mol. The van der Waals surface area contributed by atoms with Crippen molar-refractivity contribution in [1.29, 1.82) is 0 Å². The fourth-order valence-electron chi connectivity index (χ4n) is 3.38. The fourth-order valence-corrected chi connectivity index (χ4v) is 3.64. The number of hydrogen-bond donors (Lipinski definition) is 3. The van der Waals surface area contributed by atoms with Gasteiger partial charge in [-0.05, 0) is 55.3 Å². The summed E-state index contributed by atoms with van der Waals surface area (Å²) in [7, 11) is 1.55. The lowest BCUT2D eigenvalue weighted by Gasteiger charge is -2.22. The van der Waals surface area contributed by atoms with Gasteiger partial charge in [-0.1, -0.05) is 30.9 Å². The van der Waals surface area contributed by atoms with Crippen molar-refractivity contribution in [3.63, 3.8) is 0 Å². The largest absolute Gasteiger partial charge is 0.495 e. The third-order valence-corrected chi connectivity index (χ3v) is 5.27. The number of ether oxygens (including phenoxy) is 1. The van der Waals surface area contributed by atoms with Crippen molar-refractivity contribution in [2.24, 2.45) is 0 Å². The zero-order valence-corrected chi connectivity index (χ0v) is 17.2. The molecule has 2 amide bonds. The highest BCUT2D eigenvalue weighted by atomic mass is 35.5. The zero-order chi connectivity index (χ0) is 20.6.